The van der Waals surface area contributed by atoms with Crippen LogP contribution < -0.4 is 15.6 Å². The van der Waals surface area contributed by atoms with Crippen molar-refractivity contribution in [2.75, 3.05) is 0 Å². The molecule has 0 radical (unpaired) electrons. The maximum atomic E-state index is 12.0. The molecule has 6 nitrogen and oxygen atoms in total. The molecule has 3 rings (SSSR count). The number of carbonyl (C=O) groups is 2. The second kappa shape index (κ2) is 9.43. The van der Waals surface area contributed by atoms with Crippen LogP contribution in [0.1, 0.15) is 21.9 Å². The molecular weight excluding hydrogens is 380 g/mol. The van der Waals surface area contributed by atoms with Crippen molar-refractivity contribution in [3.05, 3.63) is 94.9 Å². The lowest BCUT2D eigenvalue weighted by atomic mass is 10.2. The molecule has 0 aliphatic rings. The van der Waals surface area contributed by atoms with E-state index in [0.29, 0.717) is 16.5 Å². The van der Waals surface area contributed by atoms with Gasteiger partial charge in [0.15, 0.2) is 5.76 Å². The van der Waals surface area contributed by atoms with Gasteiger partial charge in [0.2, 0.25) is 0 Å². The number of furan rings is 1. The molecule has 0 aliphatic heterocycles. The van der Waals surface area contributed by atoms with Crippen molar-refractivity contribution in [2.24, 2.45) is 0 Å². The smallest absolute Gasteiger partial charge is 0.305 e. The molecule has 0 atom stereocenters. The number of carbonyl (C=O) groups excluding carboxylic acids is 2. The van der Waals surface area contributed by atoms with E-state index in [1.807, 2.05) is 30.3 Å². The Bertz CT molecular complexity index is 966. The van der Waals surface area contributed by atoms with Crippen molar-refractivity contribution in [1.29, 1.82) is 0 Å². The summed E-state index contributed by atoms with van der Waals surface area (Å²) >= 11 is 5.80. The molecule has 2 aromatic carbocycles. The number of halogens is 1. The Kier molecular flexibility index (Phi) is 6.49. The van der Waals surface area contributed by atoms with Crippen LogP contribution >= 0.6 is 11.6 Å². The van der Waals surface area contributed by atoms with Crippen LogP contribution in [0.3, 0.4) is 0 Å². The van der Waals surface area contributed by atoms with Crippen LogP contribution in [0.5, 0.6) is 5.75 Å². The highest BCUT2D eigenvalue weighted by molar-refractivity contribution is 6.30. The van der Waals surface area contributed by atoms with Crippen molar-refractivity contribution in [3.8, 4) is 5.75 Å². The van der Waals surface area contributed by atoms with Crippen LogP contribution in [0.25, 0.3) is 6.08 Å². The van der Waals surface area contributed by atoms with Gasteiger partial charge in [-0.1, -0.05) is 41.9 Å². The Balaban J connectivity index is 1.46. The van der Waals surface area contributed by atoms with E-state index in [0.717, 1.165) is 5.56 Å². The molecule has 0 aliphatic carbocycles. The Morgan fingerprint density at radius 1 is 0.964 bits per heavy atom. The van der Waals surface area contributed by atoms with E-state index < -0.39 is 11.8 Å². The van der Waals surface area contributed by atoms with Gasteiger partial charge in [-0.3, -0.25) is 20.4 Å². The summed E-state index contributed by atoms with van der Waals surface area (Å²) in [5, 5.41) is 0.612. The molecule has 0 spiro atoms. The van der Waals surface area contributed by atoms with Crippen molar-refractivity contribution in [1.82, 2.24) is 10.9 Å². The fraction of sp³-hybridized carbons (Fsp3) is 0.0476. The van der Waals surface area contributed by atoms with Gasteiger partial charge in [-0.15, -0.1) is 0 Å². The second-order valence-electron chi connectivity index (χ2n) is 5.70. The van der Waals surface area contributed by atoms with Crippen LogP contribution in [-0.2, 0) is 11.4 Å². The first-order valence-electron chi connectivity index (χ1n) is 8.41. The summed E-state index contributed by atoms with van der Waals surface area (Å²) in [4.78, 5) is 23.8. The molecule has 2 amide bonds. The van der Waals surface area contributed by atoms with Gasteiger partial charge < -0.3 is 9.15 Å². The van der Waals surface area contributed by atoms with E-state index in [1.54, 1.807) is 36.4 Å². The molecule has 28 heavy (non-hydrogen) atoms. The molecule has 7 heteroatoms. The topological polar surface area (TPSA) is 80.6 Å². The maximum absolute atomic E-state index is 12.0. The molecule has 0 unspecified atom stereocenters. The lowest BCUT2D eigenvalue weighted by molar-refractivity contribution is -0.117. The van der Waals surface area contributed by atoms with Crippen LogP contribution in [-0.4, -0.2) is 11.8 Å². The van der Waals surface area contributed by atoms with E-state index in [1.165, 1.54) is 12.1 Å². The number of ether oxygens (including phenoxy) is 1. The van der Waals surface area contributed by atoms with Crippen molar-refractivity contribution < 1.29 is 18.7 Å². The summed E-state index contributed by atoms with van der Waals surface area (Å²) in [6, 6.07) is 19.4. The number of hydrogen-bond donors (Lipinski definition) is 2. The Morgan fingerprint density at radius 3 is 2.46 bits per heavy atom. The largest absolute Gasteiger partial charge is 0.486 e. The molecule has 1 aromatic heterocycles. The molecule has 0 fully saturated rings. The Morgan fingerprint density at radius 2 is 1.71 bits per heavy atom. The summed E-state index contributed by atoms with van der Waals surface area (Å²) in [6.07, 6.45) is 2.90. The summed E-state index contributed by atoms with van der Waals surface area (Å²) < 4.78 is 11.0. The van der Waals surface area contributed by atoms with Crippen molar-refractivity contribution >= 4 is 29.5 Å². The van der Waals surface area contributed by atoms with Crippen LogP contribution in [0.2, 0.25) is 5.02 Å². The number of para-hydroxylation sites is 1. The normalized spacial score (nSPS) is 10.6. The number of amides is 2. The lowest BCUT2D eigenvalue weighted by Gasteiger charge is -2.04. The van der Waals surface area contributed by atoms with Gasteiger partial charge in [-0.25, -0.2) is 0 Å². The minimum absolute atomic E-state index is 0.0636. The summed E-state index contributed by atoms with van der Waals surface area (Å²) in [7, 11) is 0. The third-order valence-corrected chi connectivity index (χ3v) is 3.86. The van der Waals surface area contributed by atoms with E-state index >= 15 is 0 Å². The van der Waals surface area contributed by atoms with Gasteiger partial charge >= 0.3 is 5.91 Å². The molecule has 2 N–H and O–H groups in total. The first-order valence-corrected chi connectivity index (χ1v) is 8.78. The highest BCUT2D eigenvalue weighted by Gasteiger charge is 2.12. The van der Waals surface area contributed by atoms with Crippen LogP contribution in [0.15, 0.2) is 77.2 Å². The lowest BCUT2D eigenvalue weighted by Crippen LogP contribution is -2.40. The highest BCUT2D eigenvalue weighted by Crippen LogP contribution is 2.14. The van der Waals surface area contributed by atoms with E-state index in [9.17, 15) is 9.59 Å². The highest BCUT2D eigenvalue weighted by atomic mass is 35.5. The number of benzene rings is 2. The molecule has 0 saturated heterocycles. The van der Waals surface area contributed by atoms with E-state index in [2.05, 4.69) is 10.9 Å². The first-order chi connectivity index (χ1) is 13.6. The second-order valence-corrected chi connectivity index (χ2v) is 6.13. The van der Waals surface area contributed by atoms with Gasteiger partial charge in [-0.2, -0.15) is 0 Å². The van der Waals surface area contributed by atoms with Gasteiger partial charge in [0.1, 0.15) is 18.1 Å². The fourth-order valence-corrected chi connectivity index (χ4v) is 2.34. The van der Waals surface area contributed by atoms with E-state index in [4.69, 9.17) is 20.8 Å². The van der Waals surface area contributed by atoms with Crippen LogP contribution in [0.4, 0.5) is 0 Å². The van der Waals surface area contributed by atoms with Crippen molar-refractivity contribution in [3.63, 3.8) is 0 Å². The summed E-state index contributed by atoms with van der Waals surface area (Å²) in [6.45, 7) is 0.188. The predicted octanol–water partition coefficient (Wildman–Crippen LogP) is 3.99. The minimum Gasteiger partial charge on any atom is -0.486 e. The first kappa shape index (κ1) is 19.3. The molecule has 142 valence electrons. The molecule has 0 saturated carbocycles. The number of nitrogens with one attached hydrogen (secondary N) is 2. The zero-order valence-corrected chi connectivity index (χ0v) is 15.5. The maximum Gasteiger partial charge on any atom is 0.305 e. The number of hydrazine groups is 1. The van der Waals surface area contributed by atoms with Crippen LogP contribution in [0, 0.1) is 0 Å². The Labute approximate surface area is 166 Å². The fourth-order valence-electron chi connectivity index (χ4n) is 2.22. The number of rotatable bonds is 6. The predicted molar refractivity (Wildman–Crippen MR) is 106 cm³/mol. The number of hydrogen-bond acceptors (Lipinski definition) is 4. The minimum atomic E-state index is -0.570. The SMILES string of the molecule is O=C(/C=C/c1ccc(Cl)cc1)NNC(=O)c1ccc(COc2ccccc2)o1. The standard InChI is InChI=1S/C21H17ClN2O4/c22-16-9-6-15(7-10-16)8-13-20(25)23-24-21(26)19-12-11-18(28-19)14-27-17-4-2-1-3-5-17/h1-13H,14H2,(H,23,25)(H,24,26)/b13-8+. The zero-order chi connectivity index (χ0) is 19.8. The Hall–Kier alpha value is -3.51. The third-order valence-electron chi connectivity index (χ3n) is 3.61. The average Bonchev–Trinajstić information content (AvgIpc) is 3.20. The quantitative estimate of drug-likeness (QED) is 0.487. The van der Waals surface area contributed by atoms with Gasteiger partial charge in [0.05, 0.1) is 0 Å². The van der Waals surface area contributed by atoms with E-state index in [-0.39, 0.29) is 12.4 Å². The summed E-state index contributed by atoms with van der Waals surface area (Å²) in [5.41, 5.74) is 5.38. The third kappa shape index (κ3) is 5.75. The van der Waals surface area contributed by atoms with Gasteiger partial charge in [-0.05, 0) is 48.0 Å². The molecule has 3 aromatic rings. The van der Waals surface area contributed by atoms with Gasteiger partial charge in [0, 0.05) is 11.1 Å². The molecular formula is C21H17ClN2O4. The summed E-state index contributed by atoms with van der Waals surface area (Å²) in [5.74, 6) is 0.197. The van der Waals surface area contributed by atoms with Crippen molar-refractivity contribution in [2.45, 2.75) is 6.61 Å². The van der Waals surface area contributed by atoms with Gasteiger partial charge in [0.25, 0.3) is 5.91 Å². The zero-order valence-electron chi connectivity index (χ0n) is 14.7. The monoisotopic (exact) mass is 396 g/mol. The average molecular weight is 397 g/mol. The molecule has 1 heterocycles. The molecule has 0 bridgehead atoms.